The highest BCUT2D eigenvalue weighted by Crippen LogP contribution is 2.12. The van der Waals surface area contributed by atoms with E-state index in [4.69, 9.17) is 22.6 Å². The zero-order valence-corrected chi connectivity index (χ0v) is 8.16. The Bertz CT molecular complexity index is 367. The van der Waals surface area contributed by atoms with Gasteiger partial charge in [0.25, 0.3) is 0 Å². The van der Waals surface area contributed by atoms with Gasteiger partial charge >= 0.3 is 0 Å². The molecule has 1 aromatic carbocycles. The van der Waals surface area contributed by atoms with Gasteiger partial charge in [-0.05, 0) is 24.1 Å². The third-order valence-corrected chi connectivity index (χ3v) is 2.10. The third-order valence-electron chi connectivity index (χ3n) is 1.85. The number of nitriles is 1. The van der Waals surface area contributed by atoms with E-state index in [9.17, 15) is 4.79 Å². The number of carbonyl (C=O) groups excluding carboxylic acids is 1. The van der Waals surface area contributed by atoms with Crippen molar-refractivity contribution < 1.29 is 4.79 Å². The van der Waals surface area contributed by atoms with Crippen LogP contribution in [0.5, 0.6) is 0 Å². The molecule has 4 heteroatoms. The summed E-state index contributed by atoms with van der Waals surface area (Å²) in [7, 11) is 0. The van der Waals surface area contributed by atoms with Crippen LogP contribution in [0.2, 0.25) is 5.02 Å². The summed E-state index contributed by atoms with van der Waals surface area (Å²) in [5, 5.41) is 9.26. The van der Waals surface area contributed by atoms with E-state index in [1.165, 1.54) is 0 Å². The van der Waals surface area contributed by atoms with Crippen molar-refractivity contribution in [1.82, 2.24) is 0 Å². The van der Waals surface area contributed by atoms with Gasteiger partial charge in [0, 0.05) is 5.02 Å². The van der Waals surface area contributed by atoms with Gasteiger partial charge in [-0.1, -0.05) is 23.7 Å². The van der Waals surface area contributed by atoms with E-state index in [1.807, 2.05) is 6.07 Å². The molecule has 1 amide bonds. The van der Waals surface area contributed by atoms with E-state index in [1.54, 1.807) is 24.3 Å². The molecule has 2 N–H and O–H groups in total. The molecule has 0 bridgehead atoms. The lowest BCUT2D eigenvalue weighted by atomic mass is 10.0. The summed E-state index contributed by atoms with van der Waals surface area (Å²) in [5.74, 6) is -1.36. The Morgan fingerprint density at radius 1 is 1.50 bits per heavy atom. The Balaban J connectivity index is 2.74. The second-order valence-corrected chi connectivity index (χ2v) is 3.35. The number of nitrogens with two attached hydrogens (primary N) is 1. The minimum atomic E-state index is -0.767. The summed E-state index contributed by atoms with van der Waals surface area (Å²) in [4.78, 5) is 10.8. The summed E-state index contributed by atoms with van der Waals surface area (Å²) in [6, 6.07) is 8.83. The Morgan fingerprint density at radius 3 is 2.50 bits per heavy atom. The molecule has 0 saturated heterocycles. The molecular weight excluding hydrogens is 200 g/mol. The fraction of sp³-hybridized carbons (Fsp3) is 0.200. The van der Waals surface area contributed by atoms with Gasteiger partial charge in [0.15, 0.2) is 0 Å². The smallest absolute Gasteiger partial charge is 0.235 e. The summed E-state index contributed by atoms with van der Waals surface area (Å²) in [6.07, 6.45) is 0.336. The second-order valence-electron chi connectivity index (χ2n) is 2.91. The summed E-state index contributed by atoms with van der Waals surface area (Å²) in [6.45, 7) is 0. The van der Waals surface area contributed by atoms with Crippen molar-refractivity contribution in [1.29, 1.82) is 5.26 Å². The van der Waals surface area contributed by atoms with E-state index >= 15 is 0 Å². The lowest BCUT2D eigenvalue weighted by Gasteiger charge is -2.04. The van der Waals surface area contributed by atoms with Gasteiger partial charge in [0.2, 0.25) is 5.91 Å². The Morgan fingerprint density at radius 2 is 2.07 bits per heavy atom. The maximum atomic E-state index is 10.8. The number of benzene rings is 1. The van der Waals surface area contributed by atoms with Crippen molar-refractivity contribution in [2.75, 3.05) is 0 Å². The van der Waals surface area contributed by atoms with Gasteiger partial charge in [-0.2, -0.15) is 5.26 Å². The van der Waals surface area contributed by atoms with E-state index < -0.39 is 11.8 Å². The van der Waals surface area contributed by atoms with Gasteiger partial charge in [0.05, 0.1) is 6.07 Å². The molecule has 0 heterocycles. The van der Waals surface area contributed by atoms with Gasteiger partial charge < -0.3 is 5.73 Å². The number of halogens is 1. The molecule has 0 spiro atoms. The minimum Gasteiger partial charge on any atom is -0.369 e. The molecule has 14 heavy (non-hydrogen) atoms. The van der Waals surface area contributed by atoms with Crippen LogP contribution in [0.25, 0.3) is 0 Å². The molecule has 0 aliphatic carbocycles. The number of primary amides is 1. The maximum Gasteiger partial charge on any atom is 0.235 e. The van der Waals surface area contributed by atoms with Crippen molar-refractivity contribution in [2.45, 2.75) is 6.42 Å². The molecule has 0 aliphatic rings. The van der Waals surface area contributed by atoms with Crippen molar-refractivity contribution >= 4 is 17.5 Å². The predicted molar refractivity (Wildman–Crippen MR) is 53.5 cm³/mol. The van der Waals surface area contributed by atoms with Crippen molar-refractivity contribution in [3.8, 4) is 6.07 Å². The highest BCUT2D eigenvalue weighted by atomic mass is 35.5. The molecule has 1 aromatic rings. The fourth-order valence-electron chi connectivity index (χ4n) is 1.07. The van der Waals surface area contributed by atoms with Crippen LogP contribution in [-0.4, -0.2) is 5.91 Å². The predicted octanol–water partition coefficient (Wildman–Crippen LogP) is 1.51. The highest BCUT2D eigenvalue weighted by molar-refractivity contribution is 6.30. The molecular formula is C10H9ClN2O. The average Bonchev–Trinajstić information content (AvgIpc) is 2.16. The lowest BCUT2D eigenvalue weighted by Crippen LogP contribution is -2.23. The standard InChI is InChI=1S/C10H9ClN2O/c11-9-3-1-7(2-4-9)5-8(6-12)10(13)14/h1-4,8H,5H2,(H2,13,14). The van der Waals surface area contributed by atoms with Gasteiger partial charge in [-0.25, -0.2) is 0 Å². The van der Waals surface area contributed by atoms with E-state index in [0.717, 1.165) is 5.56 Å². The van der Waals surface area contributed by atoms with Gasteiger partial charge in [0.1, 0.15) is 5.92 Å². The molecule has 1 atom stereocenters. The second kappa shape index (κ2) is 4.64. The monoisotopic (exact) mass is 208 g/mol. The Hall–Kier alpha value is -1.53. The van der Waals surface area contributed by atoms with E-state index in [2.05, 4.69) is 0 Å². The van der Waals surface area contributed by atoms with Crippen LogP contribution in [0.1, 0.15) is 5.56 Å². The van der Waals surface area contributed by atoms with Crippen LogP contribution in [0, 0.1) is 17.2 Å². The molecule has 0 aromatic heterocycles. The summed E-state index contributed by atoms with van der Waals surface area (Å²) in [5.41, 5.74) is 5.91. The molecule has 3 nitrogen and oxygen atoms in total. The largest absolute Gasteiger partial charge is 0.369 e. The SMILES string of the molecule is N#CC(Cc1ccc(Cl)cc1)C(N)=O. The van der Waals surface area contributed by atoms with Crippen LogP contribution in [0.3, 0.4) is 0 Å². The molecule has 0 fully saturated rings. The van der Waals surface area contributed by atoms with Crippen LogP contribution in [0.15, 0.2) is 24.3 Å². The number of rotatable bonds is 3. The van der Waals surface area contributed by atoms with E-state index in [-0.39, 0.29) is 0 Å². The van der Waals surface area contributed by atoms with Gasteiger partial charge in [-0.3, -0.25) is 4.79 Å². The fourth-order valence-corrected chi connectivity index (χ4v) is 1.19. The van der Waals surface area contributed by atoms with Crippen molar-refractivity contribution in [3.05, 3.63) is 34.9 Å². The van der Waals surface area contributed by atoms with Crippen LogP contribution in [0.4, 0.5) is 0 Å². The Kier molecular flexibility index (Phi) is 3.49. The van der Waals surface area contributed by atoms with Gasteiger partial charge in [-0.15, -0.1) is 0 Å². The summed E-state index contributed by atoms with van der Waals surface area (Å²) >= 11 is 5.69. The lowest BCUT2D eigenvalue weighted by molar-refractivity contribution is -0.120. The number of carbonyl (C=O) groups is 1. The highest BCUT2D eigenvalue weighted by Gasteiger charge is 2.14. The molecule has 1 unspecified atom stereocenters. The van der Waals surface area contributed by atoms with Crippen LogP contribution in [-0.2, 0) is 11.2 Å². The number of hydrogen-bond acceptors (Lipinski definition) is 2. The topological polar surface area (TPSA) is 66.9 Å². The molecule has 0 saturated carbocycles. The zero-order chi connectivity index (χ0) is 10.6. The number of amides is 1. The first-order chi connectivity index (χ1) is 6.63. The average molecular weight is 209 g/mol. The molecule has 1 rings (SSSR count). The Labute approximate surface area is 87.1 Å². The maximum absolute atomic E-state index is 10.8. The zero-order valence-electron chi connectivity index (χ0n) is 7.40. The quantitative estimate of drug-likeness (QED) is 0.818. The van der Waals surface area contributed by atoms with Crippen molar-refractivity contribution in [3.63, 3.8) is 0 Å². The number of nitrogens with zero attached hydrogens (tertiary/aromatic N) is 1. The summed E-state index contributed by atoms with van der Waals surface area (Å²) < 4.78 is 0. The first-order valence-corrected chi connectivity index (χ1v) is 4.44. The van der Waals surface area contributed by atoms with Crippen LogP contribution < -0.4 is 5.73 Å². The third kappa shape index (κ3) is 2.75. The normalized spacial score (nSPS) is 11.7. The molecule has 72 valence electrons. The first kappa shape index (κ1) is 10.6. The van der Waals surface area contributed by atoms with E-state index in [0.29, 0.717) is 11.4 Å². The number of hydrogen-bond donors (Lipinski definition) is 1. The minimum absolute atomic E-state index is 0.336. The van der Waals surface area contributed by atoms with Crippen LogP contribution >= 0.6 is 11.6 Å². The first-order valence-electron chi connectivity index (χ1n) is 4.07. The van der Waals surface area contributed by atoms with Crippen molar-refractivity contribution in [2.24, 2.45) is 11.7 Å². The molecule has 0 radical (unpaired) electrons. The molecule has 0 aliphatic heterocycles.